The van der Waals surface area contributed by atoms with Gasteiger partial charge in [0.1, 0.15) is 0 Å². The Morgan fingerprint density at radius 1 is 0.857 bits per heavy atom. The summed E-state index contributed by atoms with van der Waals surface area (Å²) >= 11 is 0. The highest BCUT2D eigenvalue weighted by atomic mass is 16.2. The summed E-state index contributed by atoms with van der Waals surface area (Å²) in [7, 11) is 2.06. The second-order valence-electron chi connectivity index (χ2n) is 5.62. The Morgan fingerprint density at radius 2 is 1.48 bits per heavy atom. The van der Waals surface area contributed by atoms with Gasteiger partial charge in [0.15, 0.2) is 0 Å². The monoisotopic (exact) mass is 278 g/mol. The molecule has 0 aromatic heterocycles. The zero-order valence-electron chi connectivity index (χ0n) is 11.7. The minimum absolute atomic E-state index is 0.234. The van der Waals surface area contributed by atoms with Crippen molar-refractivity contribution in [3.8, 4) is 0 Å². The Balaban J connectivity index is 1.78. The highest BCUT2D eigenvalue weighted by molar-refractivity contribution is 6.34. The van der Waals surface area contributed by atoms with E-state index in [2.05, 4.69) is 11.9 Å². The highest BCUT2D eigenvalue weighted by Crippen LogP contribution is 2.31. The lowest BCUT2D eigenvalue weighted by molar-refractivity contribution is 0.0926. The molecular weight excluding hydrogens is 264 g/mol. The van der Waals surface area contributed by atoms with E-state index in [1.807, 2.05) is 18.2 Å². The van der Waals surface area contributed by atoms with E-state index >= 15 is 0 Å². The van der Waals surface area contributed by atoms with Crippen LogP contribution in [0, 0.1) is 0 Å². The van der Waals surface area contributed by atoms with Crippen LogP contribution in [0.4, 0.5) is 5.69 Å². The highest BCUT2D eigenvalue weighted by Gasteiger charge is 2.36. The number of nitrogens with zero attached hydrogens (tertiary/aromatic N) is 2. The van der Waals surface area contributed by atoms with Crippen LogP contribution in [0.3, 0.4) is 0 Å². The number of hydrogen-bond donors (Lipinski definition) is 0. The number of imide groups is 1. The van der Waals surface area contributed by atoms with Crippen molar-refractivity contribution < 1.29 is 9.59 Å². The number of carbonyl (C=O) groups is 2. The zero-order valence-corrected chi connectivity index (χ0v) is 11.7. The predicted molar refractivity (Wildman–Crippen MR) is 79.2 cm³/mol. The standard InChI is InChI=1S/C17H14N2O2/c1-18-9-11-6-7-13(8-12(11)10-18)19-16(20)14-4-2-3-5-15(14)17(19)21/h2-8H,9-10H2,1H3. The molecule has 0 atom stereocenters. The van der Waals surface area contributed by atoms with Crippen LogP contribution >= 0.6 is 0 Å². The first-order valence-electron chi connectivity index (χ1n) is 6.93. The average molecular weight is 278 g/mol. The van der Waals surface area contributed by atoms with E-state index in [1.165, 1.54) is 16.0 Å². The van der Waals surface area contributed by atoms with Crippen LogP contribution in [0.5, 0.6) is 0 Å². The number of rotatable bonds is 1. The minimum atomic E-state index is -0.234. The first kappa shape index (κ1) is 12.3. The Kier molecular flexibility index (Phi) is 2.50. The molecule has 2 aliphatic heterocycles. The summed E-state index contributed by atoms with van der Waals surface area (Å²) in [4.78, 5) is 28.4. The van der Waals surface area contributed by atoms with E-state index in [1.54, 1.807) is 24.3 Å². The topological polar surface area (TPSA) is 40.6 Å². The third-order valence-electron chi connectivity index (χ3n) is 4.12. The fourth-order valence-electron chi connectivity index (χ4n) is 3.11. The summed E-state index contributed by atoms with van der Waals surface area (Å²) in [6.07, 6.45) is 0. The molecule has 4 rings (SSSR count). The molecule has 104 valence electrons. The molecule has 0 unspecified atom stereocenters. The van der Waals surface area contributed by atoms with Gasteiger partial charge in [-0.3, -0.25) is 14.5 Å². The molecular formula is C17H14N2O2. The van der Waals surface area contributed by atoms with Gasteiger partial charge in [0.05, 0.1) is 16.8 Å². The van der Waals surface area contributed by atoms with Gasteiger partial charge < -0.3 is 0 Å². The van der Waals surface area contributed by atoms with Crippen LogP contribution in [0.25, 0.3) is 0 Å². The number of carbonyl (C=O) groups excluding carboxylic acids is 2. The van der Waals surface area contributed by atoms with Crippen LogP contribution in [-0.4, -0.2) is 23.8 Å². The molecule has 0 aliphatic carbocycles. The molecule has 2 heterocycles. The third kappa shape index (κ3) is 1.73. The lowest BCUT2D eigenvalue weighted by Crippen LogP contribution is -2.29. The van der Waals surface area contributed by atoms with Crippen molar-refractivity contribution in [1.29, 1.82) is 0 Å². The van der Waals surface area contributed by atoms with Gasteiger partial charge in [-0.2, -0.15) is 0 Å². The SMILES string of the molecule is CN1Cc2ccc(N3C(=O)c4ccccc4C3=O)cc2C1. The lowest BCUT2D eigenvalue weighted by Gasteiger charge is -2.15. The maximum atomic E-state index is 12.5. The van der Waals surface area contributed by atoms with Gasteiger partial charge in [0.2, 0.25) is 0 Å². The average Bonchev–Trinajstić information content (AvgIpc) is 2.97. The molecule has 0 radical (unpaired) electrons. The molecule has 21 heavy (non-hydrogen) atoms. The zero-order chi connectivity index (χ0) is 14.6. The number of hydrogen-bond acceptors (Lipinski definition) is 3. The summed E-state index contributed by atoms with van der Waals surface area (Å²) in [5.74, 6) is -0.469. The van der Waals surface area contributed by atoms with Crippen molar-refractivity contribution in [2.45, 2.75) is 13.1 Å². The molecule has 0 N–H and O–H groups in total. The summed E-state index contributed by atoms with van der Waals surface area (Å²) in [5, 5.41) is 0. The fourth-order valence-corrected chi connectivity index (χ4v) is 3.11. The summed E-state index contributed by atoms with van der Waals surface area (Å²) in [5.41, 5.74) is 4.08. The smallest absolute Gasteiger partial charge is 0.266 e. The molecule has 0 saturated heterocycles. The van der Waals surface area contributed by atoms with Crippen molar-refractivity contribution in [3.05, 3.63) is 64.7 Å². The van der Waals surface area contributed by atoms with Crippen LogP contribution < -0.4 is 4.90 Å². The largest absolute Gasteiger partial charge is 0.298 e. The minimum Gasteiger partial charge on any atom is -0.298 e. The van der Waals surface area contributed by atoms with Gasteiger partial charge in [0, 0.05) is 13.1 Å². The van der Waals surface area contributed by atoms with Crippen molar-refractivity contribution >= 4 is 17.5 Å². The summed E-state index contributed by atoms with van der Waals surface area (Å²) < 4.78 is 0. The molecule has 0 fully saturated rings. The predicted octanol–water partition coefficient (Wildman–Crippen LogP) is 2.43. The van der Waals surface area contributed by atoms with Gasteiger partial charge in [0.25, 0.3) is 11.8 Å². The Morgan fingerprint density at radius 3 is 2.14 bits per heavy atom. The van der Waals surface area contributed by atoms with Crippen LogP contribution in [0.2, 0.25) is 0 Å². The van der Waals surface area contributed by atoms with Gasteiger partial charge in [-0.1, -0.05) is 18.2 Å². The van der Waals surface area contributed by atoms with Crippen LogP contribution in [-0.2, 0) is 13.1 Å². The fraction of sp³-hybridized carbons (Fsp3) is 0.176. The maximum Gasteiger partial charge on any atom is 0.266 e. The van der Waals surface area contributed by atoms with E-state index in [0.29, 0.717) is 16.8 Å². The first-order valence-corrected chi connectivity index (χ1v) is 6.93. The van der Waals surface area contributed by atoms with Crippen molar-refractivity contribution in [3.63, 3.8) is 0 Å². The van der Waals surface area contributed by atoms with E-state index in [0.717, 1.165) is 13.1 Å². The van der Waals surface area contributed by atoms with E-state index in [9.17, 15) is 9.59 Å². The molecule has 2 aromatic carbocycles. The first-order chi connectivity index (χ1) is 10.1. The van der Waals surface area contributed by atoms with Crippen LogP contribution in [0.1, 0.15) is 31.8 Å². The molecule has 0 saturated carbocycles. The third-order valence-corrected chi connectivity index (χ3v) is 4.12. The second-order valence-corrected chi connectivity index (χ2v) is 5.62. The normalized spacial score (nSPS) is 17.3. The van der Waals surface area contributed by atoms with Gasteiger partial charge in [-0.25, -0.2) is 4.90 Å². The summed E-state index contributed by atoms with van der Waals surface area (Å²) in [6.45, 7) is 1.77. The second kappa shape index (κ2) is 4.27. The molecule has 2 aliphatic rings. The van der Waals surface area contributed by atoms with Gasteiger partial charge in [-0.15, -0.1) is 0 Å². The van der Waals surface area contributed by atoms with Crippen LogP contribution in [0.15, 0.2) is 42.5 Å². The van der Waals surface area contributed by atoms with Gasteiger partial charge in [-0.05, 0) is 42.4 Å². The molecule has 4 heteroatoms. The number of anilines is 1. The number of benzene rings is 2. The molecule has 0 bridgehead atoms. The molecule has 4 nitrogen and oxygen atoms in total. The lowest BCUT2D eigenvalue weighted by atomic mass is 10.1. The van der Waals surface area contributed by atoms with Gasteiger partial charge >= 0.3 is 0 Å². The molecule has 2 amide bonds. The van der Waals surface area contributed by atoms with Crippen molar-refractivity contribution in [2.75, 3.05) is 11.9 Å². The van der Waals surface area contributed by atoms with E-state index < -0.39 is 0 Å². The Labute approximate surface area is 122 Å². The number of fused-ring (bicyclic) bond motifs is 2. The van der Waals surface area contributed by atoms with Crippen molar-refractivity contribution in [1.82, 2.24) is 4.90 Å². The molecule has 0 spiro atoms. The maximum absolute atomic E-state index is 12.5. The quantitative estimate of drug-likeness (QED) is 0.752. The number of amides is 2. The van der Waals surface area contributed by atoms with E-state index in [4.69, 9.17) is 0 Å². The summed E-state index contributed by atoms with van der Waals surface area (Å²) in [6, 6.07) is 12.8. The Bertz CT molecular complexity index is 747. The van der Waals surface area contributed by atoms with E-state index in [-0.39, 0.29) is 11.8 Å². The van der Waals surface area contributed by atoms with Crippen molar-refractivity contribution in [2.24, 2.45) is 0 Å². The molecule has 2 aromatic rings. The Hall–Kier alpha value is -2.46.